The molecule has 4 rings (SSSR count). The minimum absolute atomic E-state index is 0.0970. The summed E-state index contributed by atoms with van der Waals surface area (Å²) in [6, 6.07) is 0. The molecule has 3 aliphatic rings. The zero-order valence-electron chi connectivity index (χ0n) is 12.9. The van der Waals surface area contributed by atoms with Gasteiger partial charge in [0.15, 0.2) is 0 Å². The third-order valence-corrected chi connectivity index (χ3v) is 6.91. The minimum Gasteiger partial charge on any atom is -0.359 e. The molecule has 2 heterocycles. The van der Waals surface area contributed by atoms with Crippen molar-refractivity contribution in [3.8, 4) is 0 Å². The molecule has 0 unspecified atom stereocenters. The Balaban J connectivity index is 1.87. The van der Waals surface area contributed by atoms with Crippen LogP contribution in [0.3, 0.4) is 0 Å². The van der Waals surface area contributed by atoms with Crippen LogP contribution in [0.4, 0.5) is 0 Å². The number of thiophene rings is 1. The Morgan fingerprint density at radius 2 is 1.10 bits per heavy atom. The number of hydrogen-bond acceptors (Lipinski definition) is 2. The lowest BCUT2D eigenvalue weighted by molar-refractivity contribution is -0.172. The van der Waals surface area contributed by atoms with Crippen LogP contribution in [0.15, 0.2) is 0 Å². The molecule has 0 saturated heterocycles. The van der Waals surface area contributed by atoms with E-state index < -0.39 is 0 Å². The van der Waals surface area contributed by atoms with Gasteiger partial charge in [-0.05, 0) is 39.5 Å². The average Bonchev–Trinajstić information content (AvgIpc) is 2.89. The average molecular weight is 290 g/mol. The molecule has 0 bridgehead atoms. The largest absolute Gasteiger partial charge is 0.359 e. The van der Waals surface area contributed by atoms with Crippen LogP contribution >= 0.6 is 11.3 Å². The Morgan fingerprint density at radius 3 is 1.50 bits per heavy atom. The fourth-order valence-electron chi connectivity index (χ4n) is 5.21. The second kappa shape index (κ2) is 4.58. The second-order valence-electron chi connectivity index (χ2n) is 7.18. The molecule has 2 heteroatoms. The summed E-state index contributed by atoms with van der Waals surface area (Å²) in [5.41, 5.74) is 3.47. The molecule has 110 valence electrons. The lowest BCUT2D eigenvalue weighted by Gasteiger charge is -2.40. The molecule has 0 radical (unpaired) electrons. The first-order valence-corrected chi connectivity index (χ1v) is 9.30. The summed E-state index contributed by atoms with van der Waals surface area (Å²) in [5, 5.41) is 0. The molecule has 2 spiro atoms. The molecule has 2 aliphatic carbocycles. The fourth-order valence-corrected chi connectivity index (χ4v) is 6.45. The van der Waals surface area contributed by atoms with Crippen molar-refractivity contribution in [2.45, 2.75) is 89.3 Å². The molecule has 0 N–H and O–H groups in total. The van der Waals surface area contributed by atoms with Gasteiger partial charge in [0, 0.05) is 20.9 Å². The number of fused-ring (bicyclic) bond motifs is 3. The summed E-state index contributed by atoms with van der Waals surface area (Å²) in [6.45, 7) is 4.66. The van der Waals surface area contributed by atoms with E-state index in [1.807, 2.05) is 11.3 Å². The normalized spacial score (nSPS) is 27.1. The van der Waals surface area contributed by atoms with Crippen LogP contribution in [-0.2, 0) is 15.9 Å². The molecule has 1 aliphatic heterocycles. The fraction of sp³-hybridized carbons (Fsp3) is 0.778. The Kier molecular flexibility index (Phi) is 3.05. The smallest absolute Gasteiger partial charge is 0.0957 e. The van der Waals surface area contributed by atoms with Crippen LogP contribution in [0.5, 0.6) is 0 Å². The molecule has 0 aromatic carbocycles. The van der Waals surface area contributed by atoms with Gasteiger partial charge in [-0.15, -0.1) is 11.3 Å². The van der Waals surface area contributed by atoms with E-state index in [9.17, 15) is 0 Å². The Morgan fingerprint density at radius 1 is 0.700 bits per heavy atom. The van der Waals surface area contributed by atoms with Gasteiger partial charge in [-0.2, -0.15) is 0 Å². The quantitative estimate of drug-likeness (QED) is 0.594. The molecule has 1 aromatic heterocycles. The van der Waals surface area contributed by atoms with Crippen LogP contribution in [-0.4, -0.2) is 0 Å². The van der Waals surface area contributed by atoms with E-state index in [0.29, 0.717) is 0 Å². The highest BCUT2D eigenvalue weighted by Gasteiger charge is 2.55. The predicted molar refractivity (Wildman–Crippen MR) is 84.4 cm³/mol. The molecule has 2 saturated carbocycles. The minimum atomic E-state index is 0.0970. The standard InChI is InChI=1S/C18H26OS/c1-13-15-16(14(2)20-13)18(11-7-4-8-12-18)19-17(15)9-5-3-6-10-17/h3-12H2,1-2H3. The maximum Gasteiger partial charge on any atom is 0.0957 e. The van der Waals surface area contributed by atoms with Crippen molar-refractivity contribution in [3.63, 3.8) is 0 Å². The van der Waals surface area contributed by atoms with Crippen LogP contribution in [0.25, 0.3) is 0 Å². The molecule has 2 fully saturated rings. The molecule has 20 heavy (non-hydrogen) atoms. The lowest BCUT2D eigenvalue weighted by Crippen LogP contribution is -2.36. The zero-order valence-corrected chi connectivity index (χ0v) is 13.7. The number of ether oxygens (including phenoxy) is 1. The molecule has 1 aromatic rings. The molecule has 0 atom stereocenters. The first kappa shape index (κ1) is 13.3. The van der Waals surface area contributed by atoms with E-state index in [4.69, 9.17) is 4.74 Å². The predicted octanol–water partition coefficient (Wildman–Crippen LogP) is 5.71. The number of rotatable bonds is 0. The maximum atomic E-state index is 7.00. The third-order valence-electron chi connectivity index (χ3n) is 5.88. The van der Waals surface area contributed by atoms with Crippen molar-refractivity contribution in [2.75, 3.05) is 0 Å². The summed E-state index contributed by atoms with van der Waals surface area (Å²) < 4.78 is 7.00. The first-order valence-electron chi connectivity index (χ1n) is 8.48. The van der Waals surface area contributed by atoms with E-state index in [1.54, 1.807) is 20.9 Å². The van der Waals surface area contributed by atoms with Gasteiger partial charge in [0.05, 0.1) is 11.2 Å². The van der Waals surface area contributed by atoms with Crippen molar-refractivity contribution in [3.05, 3.63) is 20.9 Å². The van der Waals surface area contributed by atoms with Crippen molar-refractivity contribution >= 4 is 11.3 Å². The van der Waals surface area contributed by atoms with Gasteiger partial charge >= 0.3 is 0 Å². The zero-order chi connectivity index (χ0) is 13.8. The van der Waals surface area contributed by atoms with Crippen molar-refractivity contribution in [1.29, 1.82) is 0 Å². The van der Waals surface area contributed by atoms with Crippen LogP contribution < -0.4 is 0 Å². The van der Waals surface area contributed by atoms with Gasteiger partial charge in [0.2, 0.25) is 0 Å². The highest BCUT2D eigenvalue weighted by Crippen LogP contribution is 2.61. The summed E-state index contributed by atoms with van der Waals surface area (Å²) in [5.74, 6) is 0. The highest BCUT2D eigenvalue weighted by atomic mass is 32.1. The number of aryl methyl sites for hydroxylation is 2. The molecule has 1 nitrogen and oxygen atoms in total. The van der Waals surface area contributed by atoms with Crippen LogP contribution in [0.2, 0.25) is 0 Å². The highest BCUT2D eigenvalue weighted by molar-refractivity contribution is 7.12. The van der Waals surface area contributed by atoms with E-state index in [-0.39, 0.29) is 11.2 Å². The van der Waals surface area contributed by atoms with Crippen LogP contribution in [0, 0.1) is 13.8 Å². The Hall–Kier alpha value is -0.340. The number of hydrogen-bond donors (Lipinski definition) is 0. The SMILES string of the molecule is Cc1sc(C)c2c1C1(CCCCC1)OC21CCCCC1. The van der Waals surface area contributed by atoms with E-state index in [2.05, 4.69) is 13.8 Å². The third kappa shape index (κ3) is 1.70. The van der Waals surface area contributed by atoms with Gasteiger partial charge in [-0.25, -0.2) is 0 Å². The summed E-state index contributed by atoms with van der Waals surface area (Å²) in [6.07, 6.45) is 13.3. The lowest BCUT2D eigenvalue weighted by atomic mass is 9.76. The molecule has 0 amide bonds. The van der Waals surface area contributed by atoms with Gasteiger partial charge in [-0.3, -0.25) is 0 Å². The summed E-state index contributed by atoms with van der Waals surface area (Å²) in [4.78, 5) is 3.09. The van der Waals surface area contributed by atoms with E-state index >= 15 is 0 Å². The van der Waals surface area contributed by atoms with Gasteiger partial charge < -0.3 is 4.74 Å². The van der Waals surface area contributed by atoms with Gasteiger partial charge in [0.25, 0.3) is 0 Å². The second-order valence-corrected chi connectivity index (χ2v) is 8.61. The van der Waals surface area contributed by atoms with Gasteiger partial charge in [0.1, 0.15) is 0 Å². The van der Waals surface area contributed by atoms with E-state index in [0.717, 1.165) is 0 Å². The summed E-state index contributed by atoms with van der Waals surface area (Å²) >= 11 is 2.03. The van der Waals surface area contributed by atoms with Crippen molar-refractivity contribution in [1.82, 2.24) is 0 Å². The van der Waals surface area contributed by atoms with Crippen LogP contribution in [0.1, 0.15) is 85.1 Å². The molecular weight excluding hydrogens is 264 g/mol. The first-order chi connectivity index (χ1) is 9.67. The van der Waals surface area contributed by atoms with Crippen molar-refractivity contribution < 1.29 is 4.74 Å². The topological polar surface area (TPSA) is 9.23 Å². The van der Waals surface area contributed by atoms with E-state index in [1.165, 1.54) is 64.2 Å². The van der Waals surface area contributed by atoms with Crippen molar-refractivity contribution in [2.24, 2.45) is 0 Å². The Bertz CT molecular complexity index is 471. The van der Waals surface area contributed by atoms with Gasteiger partial charge in [-0.1, -0.05) is 38.5 Å². The summed E-state index contributed by atoms with van der Waals surface area (Å²) in [7, 11) is 0. The maximum absolute atomic E-state index is 7.00. The Labute approximate surface area is 126 Å². The molecular formula is C18H26OS. The monoisotopic (exact) mass is 290 g/mol.